The predicted octanol–water partition coefficient (Wildman–Crippen LogP) is 4.01. The molecule has 136 valence electrons. The molecule has 8 heteroatoms. The minimum atomic E-state index is -0.542. The molecule has 0 aliphatic carbocycles. The minimum Gasteiger partial charge on any atom is -0.332 e. The molecule has 2 rings (SSSR count). The summed E-state index contributed by atoms with van der Waals surface area (Å²) in [5, 5.41) is 13.6. The van der Waals surface area contributed by atoms with E-state index in [2.05, 4.69) is 11.4 Å². The summed E-state index contributed by atoms with van der Waals surface area (Å²) < 4.78 is 13.6. The first-order valence-corrected chi connectivity index (χ1v) is 9.53. The van der Waals surface area contributed by atoms with E-state index in [9.17, 15) is 9.18 Å². The average molecular weight is 413 g/mol. The van der Waals surface area contributed by atoms with Crippen LogP contribution in [0.3, 0.4) is 0 Å². The number of nitrogens with two attached hydrogens (primary N) is 1. The quantitative estimate of drug-likeness (QED) is 0.532. The third-order valence-corrected chi connectivity index (χ3v) is 5.20. The van der Waals surface area contributed by atoms with E-state index < -0.39 is 5.82 Å². The van der Waals surface area contributed by atoms with Crippen LogP contribution in [-0.4, -0.2) is 18.2 Å². The smallest absolute Gasteiger partial charge is 0.279 e. The maximum absolute atomic E-state index is 13.6. The molecule has 0 radical (unpaired) electrons. The fourth-order valence-corrected chi connectivity index (χ4v) is 3.53. The van der Waals surface area contributed by atoms with Gasteiger partial charge in [-0.1, -0.05) is 35.3 Å². The van der Waals surface area contributed by atoms with E-state index in [-0.39, 0.29) is 23.5 Å². The van der Waals surface area contributed by atoms with Crippen molar-refractivity contribution in [2.45, 2.75) is 17.9 Å². The van der Waals surface area contributed by atoms with Crippen LogP contribution in [0, 0.1) is 17.1 Å². The van der Waals surface area contributed by atoms with Gasteiger partial charge in [0.2, 0.25) is 0 Å². The summed E-state index contributed by atoms with van der Waals surface area (Å²) >= 11 is 13.2. The van der Waals surface area contributed by atoms with E-state index in [4.69, 9.17) is 28.5 Å². The van der Waals surface area contributed by atoms with Crippen LogP contribution < -0.4 is 10.6 Å². The number of carbonyl (C=O) groups is 1. The van der Waals surface area contributed by atoms with E-state index in [0.717, 1.165) is 4.90 Å². The molecule has 4 nitrogen and oxygen atoms in total. The summed E-state index contributed by atoms with van der Waals surface area (Å²) in [6.45, 7) is 1.97. The zero-order valence-corrected chi connectivity index (χ0v) is 16.3. The van der Waals surface area contributed by atoms with Gasteiger partial charge in [-0.15, -0.1) is 11.8 Å². The fraction of sp³-hybridized carbons (Fsp3) is 0.222. The summed E-state index contributed by atoms with van der Waals surface area (Å²) in [5.74, 6) is -0.442. The van der Waals surface area contributed by atoms with Gasteiger partial charge in [-0.3, -0.25) is 4.79 Å². The Bertz CT molecular complexity index is 842. The molecule has 0 unspecified atom stereocenters. The molecule has 1 amide bonds. The van der Waals surface area contributed by atoms with Crippen LogP contribution in [0.15, 0.2) is 41.3 Å². The second-order valence-electron chi connectivity index (χ2n) is 5.51. The van der Waals surface area contributed by atoms with Gasteiger partial charge in [0.05, 0.1) is 27.6 Å². The Morgan fingerprint density at radius 1 is 1.35 bits per heavy atom. The summed E-state index contributed by atoms with van der Waals surface area (Å²) in [6.07, 6.45) is 0. The predicted molar refractivity (Wildman–Crippen MR) is 103 cm³/mol. The van der Waals surface area contributed by atoms with E-state index in [1.165, 1.54) is 23.9 Å². The molecule has 0 aromatic heterocycles. The second-order valence-corrected chi connectivity index (χ2v) is 7.34. The Labute approximate surface area is 165 Å². The summed E-state index contributed by atoms with van der Waals surface area (Å²) in [7, 11) is 0. The molecule has 0 saturated heterocycles. The molecular formula is C18H17Cl2FN3OS+. The first-order chi connectivity index (χ1) is 12.4. The van der Waals surface area contributed by atoms with Gasteiger partial charge < -0.3 is 10.6 Å². The lowest BCUT2D eigenvalue weighted by Gasteiger charge is -2.14. The van der Waals surface area contributed by atoms with Crippen molar-refractivity contribution in [3.8, 4) is 6.07 Å². The van der Waals surface area contributed by atoms with Crippen LogP contribution in [0.2, 0.25) is 10.0 Å². The van der Waals surface area contributed by atoms with Crippen LogP contribution in [0.4, 0.5) is 10.1 Å². The van der Waals surface area contributed by atoms with E-state index in [1.807, 2.05) is 25.1 Å². The van der Waals surface area contributed by atoms with Gasteiger partial charge in [0, 0.05) is 10.5 Å². The van der Waals surface area contributed by atoms with Crippen molar-refractivity contribution in [3.05, 3.63) is 57.8 Å². The van der Waals surface area contributed by atoms with Crippen molar-refractivity contribution < 1.29 is 14.5 Å². The van der Waals surface area contributed by atoms with Gasteiger partial charge in [0.15, 0.2) is 6.54 Å². The van der Waals surface area contributed by atoms with Gasteiger partial charge >= 0.3 is 0 Å². The number of thioether (sulfide) groups is 1. The number of halogens is 3. The highest BCUT2D eigenvalue weighted by Gasteiger charge is 2.17. The maximum atomic E-state index is 13.6. The number of carbonyl (C=O) groups excluding carboxylic acids is 1. The number of hydrogen-bond acceptors (Lipinski definition) is 3. The van der Waals surface area contributed by atoms with Gasteiger partial charge in [-0.25, -0.2) is 4.39 Å². The van der Waals surface area contributed by atoms with Gasteiger partial charge in [0.25, 0.3) is 5.91 Å². The highest BCUT2D eigenvalue weighted by molar-refractivity contribution is 7.99. The number of anilines is 1. The Morgan fingerprint density at radius 2 is 2.08 bits per heavy atom. The molecule has 0 bridgehead atoms. The highest BCUT2D eigenvalue weighted by atomic mass is 35.5. The Kier molecular flexibility index (Phi) is 7.73. The second kappa shape index (κ2) is 9.79. The van der Waals surface area contributed by atoms with Crippen LogP contribution in [0.1, 0.15) is 18.5 Å². The Morgan fingerprint density at radius 3 is 2.81 bits per heavy atom. The number of quaternary nitrogens is 1. The number of benzene rings is 2. The number of nitriles is 1. The Hall–Kier alpha value is -1.78. The number of amides is 1. The van der Waals surface area contributed by atoms with E-state index in [1.54, 1.807) is 11.4 Å². The lowest BCUT2D eigenvalue weighted by atomic mass is 10.1. The van der Waals surface area contributed by atoms with Crippen molar-refractivity contribution in [2.75, 3.05) is 17.6 Å². The fourth-order valence-electron chi connectivity index (χ4n) is 2.30. The standard InChI is InChI=1S/C18H16Cl2FN3OS/c1-11(12-8-15(21)14(20)9-13(12)19)23-10-18(25)24-16-4-2-3-5-17(16)26-7-6-22/h2-5,8-9,11,23H,7,10H2,1H3,(H,24,25)/p+1/t11-/m1/s1. The molecular weight excluding hydrogens is 396 g/mol. The Balaban J connectivity index is 1.97. The van der Waals surface area contributed by atoms with Gasteiger partial charge in [-0.05, 0) is 31.2 Å². The highest BCUT2D eigenvalue weighted by Crippen LogP contribution is 2.28. The zero-order chi connectivity index (χ0) is 19.1. The first kappa shape index (κ1) is 20.5. The summed E-state index contributed by atoms with van der Waals surface area (Å²) in [5.41, 5.74) is 1.24. The van der Waals surface area contributed by atoms with Crippen LogP contribution >= 0.6 is 35.0 Å². The minimum absolute atomic E-state index is 0.0323. The molecule has 2 aromatic rings. The lowest BCUT2D eigenvalue weighted by molar-refractivity contribution is -0.682. The number of nitrogens with one attached hydrogen (secondary N) is 1. The van der Waals surface area contributed by atoms with Crippen LogP contribution in [0.5, 0.6) is 0 Å². The van der Waals surface area contributed by atoms with Crippen molar-refractivity contribution in [1.29, 1.82) is 5.26 Å². The molecule has 0 aliphatic heterocycles. The van der Waals surface area contributed by atoms with Gasteiger partial charge in [-0.2, -0.15) is 5.26 Å². The molecule has 26 heavy (non-hydrogen) atoms. The number of para-hydroxylation sites is 1. The molecule has 0 spiro atoms. The molecule has 0 saturated carbocycles. The van der Waals surface area contributed by atoms with E-state index >= 15 is 0 Å². The first-order valence-electron chi connectivity index (χ1n) is 7.78. The van der Waals surface area contributed by atoms with Crippen molar-refractivity contribution in [1.82, 2.24) is 0 Å². The monoisotopic (exact) mass is 412 g/mol. The molecule has 3 N–H and O–H groups in total. The van der Waals surface area contributed by atoms with Crippen LogP contribution in [-0.2, 0) is 4.79 Å². The van der Waals surface area contributed by atoms with Gasteiger partial charge in [0.1, 0.15) is 11.9 Å². The largest absolute Gasteiger partial charge is 0.332 e. The van der Waals surface area contributed by atoms with Crippen LogP contribution in [0.25, 0.3) is 0 Å². The molecule has 2 aromatic carbocycles. The molecule has 0 heterocycles. The maximum Gasteiger partial charge on any atom is 0.279 e. The van der Waals surface area contributed by atoms with Crippen molar-refractivity contribution >= 4 is 46.6 Å². The third-order valence-electron chi connectivity index (χ3n) is 3.64. The number of hydrogen-bond donors (Lipinski definition) is 2. The molecule has 1 atom stereocenters. The summed E-state index contributed by atoms with van der Waals surface area (Å²) in [4.78, 5) is 13.1. The average Bonchev–Trinajstić information content (AvgIpc) is 2.62. The molecule has 0 fully saturated rings. The third kappa shape index (κ3) is 5.61. The SMILES string of the molecule is C[C@@H]([NH2+]CC(=O)Nc1ccccc1SCC#N)c1cc(F)c(Cl)cc1Cl. The number of rotatable bonds is 7. The number of nitrogens with zero attached hydrogens (tertiary/aromatic N) is 1. The van der Waals surface area contributed by atoms with E-state index in [0.29, 0.717) is 22.0 Å². The lowest BCUT2D eigenvalue weighted by Crippen LogP contribution is -2.86. The summed E-state index contributed by atoms with van der Waals surface area (Å²) in [6, 6.07) is 11.8. The zero-order valence-electron chi connectivity index (χ0n) is 13.9. The van der Waals surface area contributed by atoms with Crippen molar-refractivity contribution in [2.24, 2.45) is 0 Å². The molecule has 0 aliphatic rings. The topological polar surface area (TPSA) is 69.5 Å². The van der Waals surface area contributed by atoms with Crippen molar-refractivity contribution in [3.63, 3.8) is 0 Å². The normalized spacial score (nSPS) is 11.7.